The van der Waals surface area contributed by atoms with Gasteiger partial charge in [0.1, 0.15) is 0 Å². The van der Waals surface area contributed by atoms with Crippen LogP contribution in [0, 0.1) is 6.92 Å². The molecule has 0 spiro atoms. The van der Waals surface area contributed by atoms with Gasteiger partial charge in [0.15, 0.2) is 0 Å². The lowest BCUT2D eigenvalue weighted by molar-refractivity contribution is 0.640. The first-order valence-electron chi connectivity index (χ1n) is 6.58. The quantitative estimate of drug-likeness (QED) is 0.875. The monoisotopic (exact) mass is 243 g/mol. The van der Waals surface area contributed by atoms with E-state index in [0.29, 0.717) is 0 Å². The summed E-state index contributed by atoms with van der Waals surface area (Å²) in [7, 11) is 0. The van der Waals surface area contributed by atoms with Crippen LogP contribution < -0.4 is 5.32 Å². The third-order valence-corrected chi connectivity index (χ3v) is 3.25. The van der Waals surface area contributed by atoms with E-state index in [0.717, 1.165) is 19.6 Å². The number of aryl methyl sites for hydroxylation is 1. The molecule has 18 heavy (non-hydrogen) atoms. The van der Waals surface area contributed by atoms with Crippen molar-refractivity contribution in [1.29, 1.82) is 0 Å². The van der Waals surface area contributed by atoms with Crippen LogP contribution in [-0.4, -0.2) is 16.3 Å². The molecule has 2 rings (SSSR count). The second kappa shape index (κ2) is 5.83. The Labute approximate surface area is 109 Å². The maximum Gasteiger partial charge on any atom is 0.0571 e. The van der Waals surface area contributed by atoms with Crippen molar-refractivity contribution in [2.24, 2.45) is 0 Å². The molecule has 0 unspecified atom stereocenters. The van der Waals surface area contributed by atoms with E-state index in [1.807, 2.05) is 10.9 Å². The van der Waals surface area contributed by atoms with Gasteiger partial charge in [-0.3, -0.25) is 4.68 Å². The molecular weight excluding hydrogens is 222 g/mol. The van der Waals surface area contributed by atoms with E-state index < -0.39 is 0 Å². The van der Waals surface area contributed by atoms with Crippen molar-refractivity contribution in [3.05, 3.63) is 41.7 Å². The lowest BCUT2D eigenvalue weighted by Crippen LogP contribution is -2.11. The lowest BCUT2D eigenvalue weighted by Gasteiger charge is -2.05. The number of benzene rings is 1. The van der Waals surface area contributed by atoms with Crippen LogP contribution in [0.25, 0.3) is 11.1 Å². The standard InChI is InChI=1S/C15H21N3/c1-4-16-10-13-6-8-14(9-7-13)15-11-17-18(5-2)12(15)3/h6-9,11,16H,4-5,10H2,1-3H3. The zero-order valence-electron chi connectivity index (χ0n) is 11.4. The predicted octanol–water partition coefficient (Wildman–Crippen LogP) is 2.99. The molecule has 0 saturated heterocycles. The Morgan fingerprint density at radius 2 is 1.89 bits per heavy atom. The normalized spacial score (nSPS) is 10.8. The van der Waals surface area contributed by atoms with Crippen molar-refractivity contribution in [1.82, 2.24) is 15.1 Å². The zero-order chi connectivity index (χ0) is 13.0. The summed E-state index contributed by atoms with van der Waals surface area (Å²) in [4.78, 5) is 0. The smallest absolute Gasteiger partial charge is 0.0571 e. The Morgan fingerprint density at radius 1 is 1.17 bits per heavy atom. The van der Waals surface area contributed by atoms with Crippen LogP contribution in [0.15, 0.2) is 30.5 Å². The molecule has 2 aromatic rings. The van der Waals surface area contributed by atoms with Crippen molar-refractivity contribution in [3.63, 3.8) is 0 Å². The first-order valence-corrected chi connectivity index (χ1v) is 6.58. The van der Waals surface area contributed by atoms with Crippen molar-refractivity contribution < 1.29 is 0 Å². The largest absolute Gasteiger partial charge is 0.313 e. The van der Waals surface area contributed by atoms with E-state index >= 15 is 0 Å². The van der Waals surface area contributed by atoms with Crippen molar-refractivity contribution in [2.45, 2.75) is 33.9 Å². The number of hydrogen-bond donors (Lipinski definition) is 1. The Hall–Kier alpha value is -1.61. The molecule has 0 saturated carbocycles. The molecule has 0 aliphatic carbocycles. The number of nitrogens with one attached hydrogen (secondary N) is 1. The fourth-order valence-electron chi connectivity index (χ4n) is 2.12. The molecule has 1 aromatic carbocycles. The summed E-state index contributed by atoms with van der Waals surface area (Å²) in [5.74, 6) is 0. The topological polar surface area (TPSA) is 29.9 Å². The van der Waals surface area contributed by atoms with Gasteiger partial charge >= 0.3 is 0 Å². The van der Waals surface area contributed by atoms with Crippen molar-refractivity contribution in [3.8, 4) is 11.1 Å². The Balaban J connectivity index is 2.20. The first-order chi connectivity index (χ1) is 8.76. The second-order valence-electron chi connectivity index (χ2n) is 4.44. The van der Waals surface area contributed by atoms with Gasteiger partial charge in [-0.15, -0.1) is 0 Å². The van der Waals surface area contributed by atoms with E-state index in [4.69, 9.17) is 0 Å². The fraction of sp³-hybridized carbons (Fsp3) is 0.400. The Kier molecular flexibility index (Phi) is 4.15. The third kappa shape index (κ3) is 2.62. The van der Waals surface area contributed by atoms with Crippen molar-refractivity contribution in [2.75, 3.05) is 6.54 Å². The number of aromatic nitrogens is 2. The molecule has 1 aromatic heterocycles. The molecule has 1 N–H and O–H groups in total. The maximum absolute atomic E-state index is 4.39. The molecule has 0 fully saturated rings. The minimum atomic E-state index is 0.921. The van der Waals surface area contributed by atoms with Gasteiger partial charge in [-0.05, 0) is 31.5 Å². The highest BCUT2D eigenvalue weighted by molar-refractivity contribution is 5.65. The molecule has 3 heteroatoms. The Morgan fingerprint density at radius 3 is 2.44 bits per heavy atom. The molecule has 0 radical (unpaired) electrons. The van der Waals surface area contributed by atoms with Crippen LogP contribution in [0.4, 0.5) is 0 Å². The van der Waals surface area contributed by atoms with Gasteiger partial charge in [0.05, 0.1) is 6.20 Å². The van der Waals surface area contributed by atoms with Gasteiger partial charge < -0.3 is 5.32 Å². The van der Waals surface area contributed by atoms with Crippen LogP contribution >= 0.6 is 0 Å². The summed E-state index contributed by atoms with van der Waals surface area (Å²) in [6.45, 7) is 9.22. The highest BCUT2D eigenvalue weighted by Crippen LogP contribution is 2.23. The zero-order valence-corrected chi connectivity index (χ0v) is 11.4. The average Bonchev–Trinajstić information content (AvgIpc) is 2.78. The van der Waals surface area contributed by atoms with Crippen LogP contribution in [0.1, 0.15) is 25.1 Å². The van der Waals surface area contributed by atoms with E-state index in [1.165, 1.54) is 22.4 Å². The summed E-state index contributed by atoms with van der Waals surface area (Å²) in [6.07, 6.45) is 1.96. The molecule has 0 aliphatic rings. The van der Waals surface area contributed by atoms with E-state index in [-0.39, 0.29) is 0 Å². The number of rotatable bonds is 5. The lowest BCUT2D eigenvalue weighted by atomic mass is 10.0. The van der Waals surface area contributed by atoms with Crippen molar-refractivity contribution >= 4 is 0 Å². The number of nitrogens with zero attached hydrogens (tertiary/aromatic N) is 2. The minimum Gasteiger partial charge on any atom is -0.313 e. The van der Waals surface area contributed by atoms with Crippen LogP contribution in [0.5, 0.6) is 0 Å². The molecule has 96 valence electrons. The van der Waals surface area contributed by atoms with Gasteiger partial charge in [-0.25, -0.2) is 0 Å². The highest BCUT2D eigenvalue weighted by Gasteiger charge is 2.07. The molecule has 0 aliphatic heterocycles. The number of hydrogen-bond acceptors (Lipinski definition) is 2. The third-order valence-electron chi connectivity index (χ3n) is 3.25. The first kappa shape index (κ1) is 12.8. The van der Waals surface area contributed by atoms with E-state index in [1.54, 1.807) is 0 Å². The molecular formula is C15H21N3. The molecule has 1 heterocycles. The summed E-state index contributed by atoms with van der Waals surface area (Å²) in [6, 6.07) is 8.72. The SMILES string of the molecule is CCNCc1ccc(-c2cnn(CC)c2C)cc1. The average molecular weight is 243 g/mol. The van der Waals surface area contributed by atoms with Gasteiger partial charge in [-0.1, -0.05) is 31.2 Å². The van der Waals surface area contributed by atoms with Crippen LogP contribution in [-0.2, 0) is 13.1 Å². The van der Waals surface area contributed by atoms with Gasteiger partial charge in [0.2, 0.25) is 0 Å². The molecule has 3 nitrogen and oxygen atoms in total. The molecule has 0 atom stereocenters. The van der Waals surface area contributed by atoms with Crippen LogP contribution in [0.3, 0.4) is 0 Å². The predicted molar refractivity (Wildman–Crippen MR) is 75.5 cm³/mol. The maximum atomic E-state index is 4.39. The summed E-state index contributed by atoms with van der Waals surface area (Å²) in [5.41, 5.74) is 5.03. The summed E-state index contributed by atoms with van der Waals surface area (Å²) < 4.78 is 2.03. The molecule has 0 bridgehead atoms. The summed E-state index contributed by atoms with van der Waals surface area (Å²) in [5, 5.41) is 7.72. The van der Waals surface area contributed by atoms with E-state index in [9.17, 15) is 0 Å². The second-order valence-corrected chi connectivity index (χ2v) is 4.44. The van der Waals surface area contributed by atoms with E-state index in [2.05, 4.69) is 55.5 Å². The fourth-order valence-corrected chi connectivity index (χ4v) is 2.12. The Bertz CT molecular complexity index is 497. The molecule has 0 amide bonds. The van der Waals surface area contributed by atoms with Crippen LogP contribution in [0.2, 0.25) is 0 Å². The van der Waals surface area contributed by atoms with Gasteiger partial charge in [-0.2, -0.15) is 5.10 Å². The van der Waals surface area contributed by atoms with Gasteiger partial charge in [0.25, 0.3) is 0 Å². The van der Waals surface area contributed by atoms with Gasteiger partial charge in [0, 0.05) is 24.3 Å². The minimum absolute atomic E-state index is 0.921. The summed E-state index contributed by atoms with van der Waals surface area (Å²) >= 11 is 0. The highest BCUT2D eigenvalue weighted by atomic mass is 15.3.